The lowest BCUT2D eigenvalue weighted by Crippen LogP contribution is -2.29. The number of hydrogen-bond donors (Lipinski definition) is 1. The van der Waals surface area contributed by atoms with E-state index in [1.807, 2.05) is 36.4 Å². The van der Waals surface area contributed by atoms with Gasteiger partial charge >= 0.3 is 5.97 Å². The number of benzene rings is 3. The molecule has 0 saturated heterocycles. The van der Waals surface area contributed by atoms with Crippen molar-refractivity contribution in [3.63, 3.8) is 0 Å². The molecule has 0 radical (unpaired) electrons. The normalized spacial score (nSPS) is 14.5. The molecule has 1 unspecified atom stereocenters. The van der Waals surface area contributed by atoms with Crippen molar-refractivity contribution >= 4 is 35.1 Å². The molecule has 1 aromatic heterocycles. The van der Waals surface area contributed by atoms with Gasteiger partial charge in [0.25, 0.3) is 0 Å². The van der Waals surface area contributed by atoms with Gasteiger partial charge in [-0.2, -0.15) is 4.68 Å². The maximum absolute atomic E-state index is 13.4. The van der Waals surface area contributed by atoms with E-state index < -0.39 is 12.0 Å². The number of nitrogens with one attached hydrogen (secondary N) is 1. The monoisotopic (exact) mass is 551 g/mol. The summed E-state index contributed by atoms with van der Waals surface area (Å²) >= 11 is 12.3. The number of halogens is 2. The Labute approximate surface area is 228 Å². The lowest BCUT2D eigenvalue weighted by molar-refractivity contribution is -0.140. The van der Waals surface area contributed by atoms with Crippen LogP contribution in [-0.4, -0.2) is 33.3 Å². The largest absolute Gasteiger partial charge is 0.493 e. The molecule has 38 heavy (non-hydrogen) atoms. The molecule has 9 nitrogen and oxygen atoms in total. The summed E-state index contributed by atoms with van der Waals surface area (Å²) in [6, 6.07) is 19.4. The number of carbonyl (C=O) groups is 1. The fourth-order valence-corrected chi connectivity index (χ4v) is 4.62. The molecule has 11 heteroatoms. The van der Waals surface area contributed by atoms with Gasteiger partial charge in [0, 0.05) is 21.3 Å². The van der Waals surface area contributed by atoms with Crippen LogP contribution < -0.4 is 14.8 Å². The van der Waals surface area contributed by atoms with Gasteiger partial charge < -0.3 is 19.5 Å². The number of fused-ring (bicyclic) bond motifs is 1. The first-order chi connectivity index (χ1) is 18.4. The topological polar surface area (TPSA) is 100 Å². The maximum Gasteiger partial charge on any atom is 0.338 e. The average molecular weight is 552 g/mol. The molecule has 0 aliphatic carbocycles. The molecule has 4 aromatic rings. The Morgan fingerprint density at radius 3 is 2.61 bits per heavy atom. The van der Waals surface area contributed by atoms with Crippen molar-refractivity contribution < 1.29 is 19.0 Å². The molecule has 1 aliphatic rings. The van der Waals surface area contributed by atoms with Crippen LogP contribution in [0.5, 0.6) is 11.5 Å². The molecule has 0 amide bonds. The van der Waals surface area contributed by atoms with Crippen LogP contribution in [0.2, 0.25) is 10.0 Å². The minimum atomic E-state index is -0.654. The Hall–Kier alpha value is -4.08. The number of esters is 1. The number of anilines is 1. The minimum absolute atomic E-state index is 0.134. The van der Waals surface area contributed by atoms with Crippen molar-refractivity contribution in [3.05, 3.63) is 105 Å². The summed E-state index contributed by atoms with van der Waals surface area (Å²) in [5, 5.41) is 16.1. The van der Waals surface area contributed by atoms with Crippen molar-refractivity contribution in [2.45, 2.75) is 26.2 Å². The highest BCUT2D eigenvalue weighted by Crippen LogP contribution is 2.39. The van der Waals surface area contributed by atoms with Crippen LogP contribution in [-0.2, 0) is 22.7 Å². The zero-order chi connectivity index (χ0) is 26.6. The van der Waals surface area contributed by atoms with Gasteiger partial charge in [-0.25, -0.2) is 4.79 Å². The number of aromatic nitrogens is 4. The van der Waals surface area contributed by atoms with E-state index in [2.05, 4.69) is 20.8 Å². The van der Waals surface area contributed by atoms with E-state index in [4.69, 9.17) is 37.4 Å². The number of ether oxygens (including phenoxy) is 3. The summed E-state index contributed by atoms with van der Waals surface area (Å²) in [5.74, 6) is 0.892. The molecule has 5 rings (SSSR count). The molecule has 0 fully saturated rings. The molecule has 0 spiro atoms. The number of rotatable bonds is 8. The fraction of sp³-hybridized carbons (Fsp3) is 0.185. The maximum atomic E-state index is 13.4. The summed E-state index contributed by atoms with van der Waals surface area (Å²) < 4.78 is 18.8. The Morgan fingerprint density at radius 2 is 1.84 bits per heavy atom. The second kappa shape index (κ2) is 11.1. The Morgan fingerprint density at radius 1 is 1.03 bits per heavy atom. The standard InChI is InChI=1S/C27H23Cl2N5O4/c1-16-24(26(35)38-14-17-6-4-3-5-7-17)25(34-27(30-16)31-32-33-34)18-9-11-22(23(12-18)36-2)37-15-19-8-10-20(28)13-21(19)29/h3-13,25H,14-15H2,1-2H3,(H,30,31,33). The lowest BCUT2D eigenvalue weighted by Gasteiger charge is -2.28. The third kappa shape index (κ3) is 5.29. The predicted molar refractivity (Wildman–Crippen MR) is 142 cm³/mol. The molecule has 0 saturated carbocycles. The summed E-state index contributed by atoms with van der Waals surface area (Å²) in [6.45, 7) is 2.14. The number of methoxy groups -OCH3 is 1. The third-order valence-corrected chi connectivity index (χ3v) is 6.64. The van der Waals surface area contributed by atoms with E-state index in [1.54, 1.807) is 44.4 Å². The van der Waals surface area contributed by atoms with Gasteiger partial charge in [-0.15, -0.1) is 0 Å². The van der Waals surface area contributed by atoms with Gasteiger partial charge in [-0.1, -0.05) is 70.8 Å². The highest BCUT2D eigenvalue weighted by molar-refractivity contribution is 6.35. The molecule has 194 valence electrons. The van der Waals surface area contributed by atoms with Crippen LogP contribution in [0.3, 0.4) is 0 Å². The van der Waals surface area contributed by atoms with Gasteiger partial charge in [0.1, 0.15) is 19.3 Å². The van der Waals surface area contributed by atoms with Crippen LogP contribution in [0.15, 0.2) is 78.0 Å². The first-order valence-electron chi connectivity index (χ1n) is 11.7. The lowest BCUT2D eigenvalue weighted by atomic mass is 9.95. The van der Waals surface area contributed by atoms with Crippen molar-refractivity contribution in [3.8, 4) is 11.5 Å². The van der Waals surface area contributed by atoms with Crippen LogP contribution >= 0.6 is 23.2 Å². The van der Waals surface area contributed by atoms with Crippen LogP contribution in [0.1, 0.15) is 29.7 Å². The van der Waals surface area contributed by atoms with E-state index >= 15 is 0 Å². The van der Waals surface area contributed by atoms with Gasteiger partial charge in [-0.05, 0) is 52.7 Å². The zero-order valence-electron chi connectivity index (χ0n) is 20.5. The van der Waals surface area contributed by atoms with Gasteiger partial charge in [0.2, 0.25) is 5.95 Å². The van der Waals surface area contributed by atoms with Crippen LogP contribution in [0, 0.1) is 0 Å². The number of hydrogen-bond acceptors (Lipinski definition) is 8. The van der Waals surface area contributed by atoms with Crippen molar-refractivity contribution in [2.75, 3.05) is 12.4 Å². The molecule has 1 N–H and O–H groups in total. The molecular formula is C27H23Cl2N5O4. The molecule has 1 aliphatic heterocycles. The van der Waals surface area contributed by atoms with Crippen molar-refractivity contribution in [1.29, 1.82) is 0 Å². The summed E-state index contributed by atoms with van der Waals surface area (Å²) in [6.07, 6.45) is 0. The predicted octanol–water partition coefficient (Wildman–Crippen LogP) is 5.60. The number of nitrogens with zero attached hydrogens (tertiary/aromatic N) is 4. The Balaban J connectivity index is 1.43. The summed E-state index contributed by atoms with van der Waals surface area (Å²) in [7, 11) is 1.54. The Bertz CT molecular complexity index is 1510. The Kier molecular flexibility index (Phi) is 7.48. The quantitative estimate of drug-likeness (QED) is 0.282. The van der Waals surface area contributed by atoms with E-state index in [-0.39, 0.29) is 13.2 Å². The van der Waals surface area contributed by atoms with Gasteiger partial charge in [0.15, 0.2) is 11.5 Å². The van der Waals surface area contributed by atoms with E-state index in [0.717, 1.165) is 11.1 Å². The SMILES string of the molecule is COc1cc(C2C(C(=O)OCc3ccccc3)=C(C)Nc3nnnn32)ccc1OCc1ccc(Cl)cc1Cl. The molecule has 3 aromatic carbocycles. The average Bonchev–Trinajstić information content (AvgIpc) is 3.39. The highest BCUT2D eigenvalue weighted by Gasteiger charge is 2.35. The zero-order valence-corrected chi connectivity index (χ0v) is 22.0. The first kappa shape index (κ1) is 25.6. The smallest absolute Gasteiger partial charge is 0.338 e. The molecular weight excluding hydrogens is 529 g/mol. The molecule has 0 bridgehead atoms. The number of allylic oxidation sites excluding steroid dienone is 1. The van der Waals surface area contributed by atoms with E-state index in [1.165, 1.54) is 4.68 Å². The second-order valence-electron chi connectivity index (χ2n) is 8.51. The summed E-state index contributed by atoms with van der Waals surface area (Å²) in [5.41, 5.74) is 3.34. The van der Waals surface area contributed by atoms with Gasteiger partial charge in [0.05, 0.1) is 12.7 Å². The van der Waals surface area contributed by atoms with Gasteiger partial charge in [-0.3, -0.25) is 0 Å². The van der Waals surface area contributed by atoms with E-state index in [0.29, 0.717) is 44.3 Å². The first-order valence-corrected chi connectivity index (χ1v) is 12.4. The highest BCUT2D eigenvalue weighted by atomic mass is 35.5. The van der Waals surface area contributed by atoms with E-state index in [9.17, 15) is 4.79 Å². The molecule has 2 heterocycles. The fourth-order valence-electron chi connectivity index (χ4n) is 4.15. The number of tetrazole rings is 1. The second-order valence-corrected chi connectivity index (χ2v) is 9.35. The number of carbonyl (C=O) groups excluding carboxylic acids is 1. The van der Waals surface area contributed by atoms with Crippen LogP contribution in [0.4, 0.5) is 5.95 Å². The third-order valence-electron chi connectivity index (χ3n) is 6.05. The summed E-state index contributed by atoms with van der Waals surface area (Å²) in [4.78, 5) is 13.4. The molecule has 1 atom stereocenters. The van der Waals surface area contributed by atoms with Crippen molar-refractivity contribution in [2.24, 2.45) is 0 Å². The van der Waals surface area contributed by atoms with Crippen molar-refractivity contribution in [1.82, 2.24) is 20.2 Å². The minimum Gasteiger partial charge on any atom is -0.493 e. The van der Waals surface area contributed by atoms with Crippen LogP contribution in [0.25, 0.3) is 0 Å².